The molecule has 1 aliphatic heterocycles. The van der Waals surface area contributed by atoms with Crippen molar-refractivity contribution in [2.75, 3.05) is 36.4 Å². The third-order valence-corrected chi connectivity index (χ3v) is 4.24. The lowest BCUT2D eigenvalue weighted by atomic mass is 10.1. The molecular formula is C19H24N4O. The Morgan fingerprint density at radius 2 is 1.67 bits per heavy atom. The van der Waals surface area contributed by atoms with Crippen LogP contribution in [0.5, 0.6) is 0 Å². The summed E-state index contributed by atoms with van der Waals surface area (Å²) in [6.07, 6.45) is 0. The van der Waals surface area contributed by atoms with Crippen molar-refractivity contribution in [3.8, 4) is 0 Å². The van der Waals surface area contributed by atoms with Crippen molar-refractivity contribution in [3.63, 3.8) is 0 Å². The van der Waals surface area contributed by atoms with E-state index in [-0.39, 0.29) is 6.03 Å². The standard InChI is InChI=1S/C19H24N4O/c1-14-11-15(2)13-17(12-14)21-19(24)23-9-7-22(8-10-23)18-6-4-5-16(3)20-18/h4-6,11-13H,7-10H2,1-3H3,(H,21,24). The number of anilines is 2. The van der Waals surface area contributed by atoms with E-state index >= 15 is 0 Å². The van der Waals surface area contributed by atoms with Crippen LogP contribution in [0, 0.1) is 20.8 Å². The summed E-state index contributed by atoms with van der Waals surface area (Å²) < 4.78 is 0. The zero-order chi connectivity index (χ0) is 17.1. The highest BCUT2D eigenvalue weighted by molar-refractivity contribution is 5.89. The number of rotatable bonds is 2. The summed E-state index contributed by atoms with van der Waals surface area (Å²) in [5.41, 5.74) is 4.18. The normalized spacial score (nSPS) is 14.6. The van der Waals surface area contributed by atoms with Crippen molar-refractivity contribution in [3.05, 3.63) is 53.2 Å². The summed E-state index contributed by atoms with van der Waals surface area (Å²) in [6.45, 7) is 9.08. The Balaban J connectivity index is 1.59. The van der Waals surface area contributed by atoms with Crippen LogP contribution in [-0.2, 0) is 0 Å². The topological polar surface area (TPSA) is 48.5 Å². The van der Waals surface area contributed by atoms with E-state index in [1.54, 1.807) is 0 Å². The molecule has 5 nitrogen and oxygen atoms in total. The predicted octanol–water partition coefficient (Wildman–Crippen LogP) is 3.36. The molecular weight excluding hydrogens is 300 g/mol. The molecule has 1 saturated heterocycles. The van der Waals surface area contributed by atoms with E-state index in [1.165, 1.54) is 0 Å². The molecule has 1 aromatic carbocycles. The summed E-state index contributed by atoms with van der Waals surface area (Å²) in [7, 11) is 0. The molecule has 0 aliphatic carbocycles. The first-order valence-electron chi connectivity index (χ1n) is 8.34. The third kappa shape index (κ3) is 3.85. The van der Waals surface area contributed by atoms with Crippen molar-refractivity contribution >= 4 is 17.5 Å². The van der Waals surface area contributed by atoms with E-state index in [0.29, 0.717) is 13.1 Å². The largest absolute Gasteiger partial charge is 0.353 e. The molecule has 1 fully saturated rings. The van der Waals surface area contributed by atoms with Crippen LogP contribution in [0.2, 0.25) is 0 Å². The number of aromatic nitrogens is 1. The average Bonchev–Trinajstić information content (AvgIpc) is 2.54. The van der Waals surface area contributed by atoms with Gasteiger partial charge in [-0.3, -0.25) is 0 Å². The van der Waals surface area contributed by atoms with Gasteiger partial charge in [-0.05, 0) is 56.2 Å². The zero-order valence-corrected chi connectivity index (χ0v) is 14.5. The molecule has 2 aromatic rings. The number of aryl methyl sites for hydroxylation is 3. The van der Waals surface area contributed by atoms with E-state index in [9.17, 15) is 4.79 Å². The minimum absolute atomic E-state index is 0.0307. The van der Waals surface area contributed by atoms with Crippen molar-refractivity contribution in [1.82, 2.24) is 9.88 Å². The number of hydrogen-bond acceptors (Lipinski definition) is 3. The lowest BCUT2D eigenvalue weighted by molar-refractivity contribution is 0.208. The summed E-state index contributed by atoms with van der Waals surface area (Å²) in [4.78, 5) is 21.1. The van der Waals surface area contributed by atoms with Gasteiger partial charge in [0.2, 0.25) is 0 Å². The average molecular weight is 324 g/mol. The number of carbonyl (C=O) groups is 1. The smallest absolute Gasteiger partial charge is 0.321 e. The summed E-state index contributed by atoms with van der Waals surface area (Å²) in [5.74, 6) is 0.990. The number of piperazine rings is 1. The summed E-state index contributed by atoms with van der Waals surface area (Å²) in [5, 5.41) is 3.01. The number of urea groups is 1. The Bertz CT molecular complexity index is 716. The Hall–Kier alpha value is -2.56. The zero-order valence-electron chi connectivity index (χ0n) is 14.5. The van der Waals surface area contributed by atoms with Crippen LogP contribution < -0.4 is 10.2 Å². The quantitative estimate of drug-likeness (QED) is 0.921. The molecule has 5 heteroatoms. The van der Waals surface area contributed by atoms with Gasteiger partial charge in [-0.15, -0.1) is 0 Å². The number of nitrogens with one attached hydrogen (secondary N) is 1. The van der Waals surface area contributed by atoms with Crippen molar-refractivity contribution in [2.24, 2.45) is 0 Å². The van der Waals surface area contributed by atoms with Gasteiger partial charge in [0.25, 0.3) is 0 Å². The first-order chi connectivity index (χ1) is 11.5. The SMILES string of the molecule is Cc1cc(C)cc(NC(=O)N2CCN(c3cccc(C)n3)CC2)c1. The van der Waals surface area contributed by atoms with Crippen LogP contribution in [0.15, 0.2) is 36.4 Å². The van der Waals surface area contributed by atoms with Crippen LogP contribution in [0.25, 0.3) is 0 Å². The van der Waals surface area contributed by atoms with E-state index in [1.807, 2.05) is 56.0 Å². The number of pyridine rings is 1. The van der Waals surface area contributed by atoms with Crippen LogP contribution in [0.4, 0.5) is 16.3 Å². The van der Waals surface area contributed by atoms with Crippen LogP contribution in [0.1, 0.15) is 16.8 Å². The maximum Gasteiger partial charge on any atom is 0.321 e. The van der Waals surface area contributed by atoms with E-state index in [0.717, 1.165) is 41.4 Å². The van der Waals surface area contributed by atoms with Gasteiger partial charge in [0.05, 0.1) is 0 Å². The highest BCUT2D eigenvalue weighted by Crippen LogP contribution is 2.17. The predicted molar refractivity (Wildman–Crippen MR) is 97.7 cm³/mol. The molecule has 0 bridgehead atoms. The number of nitrogens with zero attached hydrogens (tertiary/aromatic N) is 3. The highest BCUT2D eigenvalue weighted by Gasteiger charge is 2.22. The van der Waals surface area contributed by atoms with E-state index in [4.69, 9.17) is 0 Å². The van der Waals surface area contributed by atoms with Gasteiger partial charge in [0.15, 0.2) is 0 Å². The van der Waals surface area contributed by atoms with Gasteiger partial charge in [-0.25, -0.2) is 9.78 Å². The van der Waals surface area contributed by atoms with E-state index < -0.39 is 0 Å². The van der Waals surface area contributed by atoms with Crippen molar-refractivity contribution in [1.29, 1.82) is 0 Å². The van der Waals surface area contributed by atoms with Gasteiger partial charge in [-0.1, -0.05) is 12.1 Å². The fraction of sp³-hybridized carbons (Fsp3) is 0.368. The molecule has 3 rings (SSSR count). The number of carbonyl (C=O) groups excluding carboxylic acids is 1. The molecule has 1 aromatic heterocycles. The van der Waals surface area contributed by atoms with Crippen LogP contribution in [0.3, 0.4) is 0 Å². The molecule has 0 atom stereocenters. The molecule has 24 heavy (non-hydrogen) atoms. The summed E-state index contributed by atoms with van der Waals surface area (Å²) >= 11 is 0. The molecule has 0 spiro atoms. The Morgan fingerprint density at radius 1 is 1.00 bits per heavy atom. The third-order valence-electron chi connectivity index (χ3n) is 4.24. The number of hydrogen-bond donors (Lipinski definition) is 1. The molecule has 1 aliphatic rings. The van der Waals surface area contributed by atoms with Gasteiger partial charge in [0.1, 0.15) is 5.82 Å². The fourth-order valence-corrected chi connectivity index (χ4v) is 3.09. The summed E-state index contributed by atoms with van der Waals surface area (Å²) in [6, 6.07) is 12.1. The van der Waals surface area contributed by atoms with Crippen LogP contribution in [-0.4, -0.2) is 42.1 Å². The molecule has 0 radical (unpaired) electrons. The maximum absolute atomic E-state index is 12.5. The van der Waals surface area contributed by atoms with Gasteiger partial charge in [-0.2, -0.15) is 0 Å². The fourth-order valence-electron chi connectivity index (χ4n) is 3.09. The van der Waals surface area contributed by atoms with Gasteiger partial charge in [0, 0.05) is 37.6 Å². The van der Waals surface area contributed by atoms with E-state index in [2.05, 4.69) is 21.3 Å². The number of benzene rings is 1. The number of amides is 2. The Kier molecular flexibility index (Phi) is 4.69. The minimum Gasteiger partial charge on any atom is -0.353 e. The van der Waals surface area contributed by atoms with Gasteiger partial charge < -0.3 is 15.1 Å². The second-order valence-electron chi connectivity index (χ2n) is 6.42. The maximum atomic E-state index is 12.5. The molecule has 0 unspecified atom stereocenters. The monoisotopic (exact) mass is 324 g/mol. The van der Waals surface area contributed by atoms with Crippen molar-refractivity contribution < 1.29 is 4.79 Å². The molecule has 1 N–H and O–H groups in total. The van der Waals surface area contributed by atoms with Crippen LogP contribution >= 0.6 is 0 Å². The molecule has 126 valence electrons. The Labute approximate surface area is 143 Å². The van der Waals surface area contributed by atoms with Crippen molar-refractivity contribution in [2.45, 2.75) is 20.8 Å². The first-order valence-corrected chi connectivity index (χ1v) is 8.34. The lowest BCUT2D eigenvalue weighted by Gasteiger charge is -2.35. The molecule has 0 saturated carbocycles. The minimum atomic E-state index is -0.0307. The first kappa shape index (κ1) is 16.3. The molecule has 2 amide bonds. The lowest BCUT2D eigenvalue weighted by Crippen LogP contribution is -2.50. The highest BCUT2D eigenvalue weighted by atomic mass is 16.2. The Morgan fingerprint density at radius 3 is 2.29 bits per heavy atom. The molecule has 2 heterocycles. The second-order valence-corrected chi connectivity index (χ2v) is 6.42. The van der Waals surface area contributed by atoms with Gasteiger partial charge >= 0.3 is 6.03 Å². The second kappa shape index (κ2) is 6.91.